The van der Waals surface area contributed by atoms with Crippen LogP contribution >= 0.6 is 0 Å². The predicted molar refractivity (Wildman–Crippen MR) is 77.0 cm³/mol. The molecule has 0 aliphatic rings. The van der Waals surface area contributed by atoms with E-state index in [-0.39, 0.29) is 10.8 Å². The third-order valence-corrected chi connectivity index (χ3v) is 3.74. The third-order valence-electron chi connectivity index (χ3n) is 2.81. The van der Waals surface area contributed by atoms with Crippen LogP contribution in [0.25, 0.3) is 0 Å². The van der Waals surface area contributed by atoms with Crippen molar-refractivity contribution in [3.8, 4) is 0 Å². The number of anilines is 1. The molecule has 0 aliphatic carbocycles. The normalized spacial score (nSPS) is 11.3. The summed E-state index contributed by atoms with van der Waals surface area (Å²) in [6.45, 7) is 3.10. The summed E-state index contributed by atoms with van der Waals surface area (Å²) in [6, 6.07) is 5.88. The number of primary sulfonamides is 1. The van der Waals surface area contributed by atoms with Crippen LogP contribution in [-0.2, 0) is 19.6 Å². The fourth-order valence-corrected chi connectivity index (χ4v) is 2.16. The predicted octanol–water partition coefficient (Wildman–Crippen LogP) is 1.11. The van der Waals surface area contributed by atoms with Gasteiger partial charge in [-0.05, 0) is 37.6 Å². The summed E-state index contributed by atoms with van der Waals surface area (Å²) < 4.78 is 27.4. The molecule has 2 N–H and O–H groups in total. The van der Waals surface area contributed by atoms with Crippen LogP contribution in [0.15, 0.2) is 29.2 Å². The van der Waals surface area contributed by atoms with E-state index in [1.54, 1.807) is 19.2 Å². The number of nitrogens with zero attached hydrogens (tertiary/aromatic N) is 1. The van der Waals surface area contributed by atoms with Gasteiger partial charge in [-0.2, -0.15) is 0 Å². The number of carbonyl (C=O) groups is 1. The third kappa shape index (κ3) is 4.92. The number of ether oxygens (including phenoxy) is 1. The van der Waals surface area contributed by atoms with Gasteiger partial charge in [0, 0.05) is 32.4 Å². The van der Waals surface area contributed by atoms with E-state index >= 15 is 0 Å². The quantitative estimate of drug-likeness (QED) is 0.764. The van der Waals surface area contributed by atoms with E-state index in [9.17, 15) is 13.2 Å². The molecule has 0 bridgehead atoms. The van der Waals surface area contributed by atoms with Crippen molar-refractivity contribution in [2.75, 3.05) is 25.2 Å². The second-order valence-electron chi connectivity index (χ2n) is 4.29. The van der Waals surface area contributed by atoms with Gasteiger partial charge < -0.3 is 9.64 Å². The first-order valence-electron chi connectivity index (χ1n) is 6.33. The van der Waals surface area contributed by atoms with Gasteiger partial charge in [0.1, 0.15) is 0 Å². The molecule has 0 aromatic heterocycles. The van der Waals surface area contributed by atoms with Crippen molar-refractivity contribution in [3.05, 3.63) is 24.3 Å². The highest BCUT2D eigenvalue weighted by Crippen LogP contribution is 2.17. The maximum Gasteiger partial charge on any atom is 0.238 e. The van der Waals surface area contributed by atoms with Crippen molar-refractivity contribution < 1.29 is 17.9 Å². The number of rotatable bonds is 7. The Kier molecular flexibility index (Phi) is 6.12. The topological polar surface area (TPSA) is 89.7 Å². The molecule has 1 amide bonds. The lowest BCUT2D eigenvalue weighted by Crippen LogP contribution is -2.26. The van der Waals surface area contributed by atoms with E-state index in [0.717, 1.165) is 0 Å². The zero-order valence-electron chi connectivity index (χ0n) is 11.7. The summed E-state index contributed by atoms with van der Waals surface area (Å²) in [7, 11) is -2.06. The molecule has 0 unspecified atom stereocenters. The molecular weight excluding hydrogens is 280 g/mol. The van der Waals surface area contributed by atoms with Crippen LogP contribution in [0.4, 0.5) is 5.69 Å². The molecule has 7 heteroatoms. The summed E-state index contributed by atoms with van der Waals surface area (Å²) in [6.07, 6.45) is 1.04. The van der Waals surface area contributed by atoms with Crippen molar-refractivity contribution in [3.63, 3.8) is 0 Å². The van der Waals surface area contributed by atoms with Gasteiger partial charge >= 0.3 is 0 Å². The zero-order chi connectivity index (χ0) is 15.2. The van der Waals surface area contributed by atoms with Gasteiger partial charge in [-0.25, -0.2) is 13.6 Å². The largest absolute Gasteiger partial charge is 0.382 e. The number of benzene rings is 1. The van der Waals surface area contributed by atoms with Crippen LogP contribution in [0.2, 0.25) is 0 Å². The smallest absolute Gasteiger partial charge is 0.238 e. The van der Waals surface area contributed by atoms with Crippen molar-refractivity contribution in [1.29, 1.82) is 0 Å². The molecule has 0 saturated carbocycles. The molecule has 0 radical (unpaired) electrons. The Morgan fingerprint density at radius 3 is 2.40 bits per heavy atom. The van der Waals surface area contributed by atoms with Crippen molar-refractivity contribution >= 4 is 21.6 Å². The first-order valence-corrected chi connectivity index (χ1v) is 7.88. The van der Waals surface area contributed by atoms with E-state index in [1.807, 2.05) is 6.92 Å². The van der Waals surface area contributed by atoms with E-state index in [0.29, 0.717) is 31.7 Å². The molecule has 112 valence electrons. The Morgan fingerprint density at radius 2 is 1.90 bits per heavy atom. The minimum atomic E-state index is -3.71. The van der Waals surface area contributed by atoms with Gasteiger partial charge in [0.15, 0.2) is 0 Å². The van der Waals surface area contributed by atoms with Crippen LogP contribution in [0.5, 0.6) is 0 Å². The Bertz CT molecular complexity index is 540. The molecular formula is C13H20N2O4S. The molecule has 0 fully saturated rings. The Labute approximate surface area is 119 Å². The fraction of sp³-hybridized carbons (Fsp3) is 0.462. The highest BCUT2D eigenvalue weighted by Gasteiger charge is 2.12. The summed E-state index contributed by atoms with van der Waals surface area (Å²) >= 11 is 0. The first-order chi connectivity index (χ1) is 9.36. The lowest BCUT2D eigenvalue weighted by atomic mass is 10.2. The van der Waals surface area contributed by atoms with Crippen LogP contribution < -0.4 is 10.0 Å². The van der Waals surface area contributed by atoms with Crippen LogP contribution in [0, 0.1) is 0 Å². The van der Waals surface area contributed by atoms with Gasteiger partial charge in [0.25, 0.3) is 0 Å². The molecule has 1 aromatic carbocycles. The Morgan fingerprint density at radius 1 is 1.30 bits per heavy atom. The van der Waals surface area contributed by atoms with Gasteiger partial charge in [0.05, 0.1) is 4.90 Å². The van der Waals surface area contributed by atoms with E-state index in [2.05, 4.69) is 0 Å². The molecule has 0 spiro atoms. The Hall–Kier alpha value is -1.44. The number of nitrogens with two attached hydrogens (primary N) is 1. The average Bonchev–Trinajstić information content (AvgIpc) is 2.41. The molecule has 6 nitrogen and oxygen atoms in total. The second-order valence-corrected chi connectivity index (χ2v) is 5.85. The lowest BCUT2D eigenvalue weighted by molar-refractivity contribution is -0.118. The van der Waals surface area contributed by atoms with Crippen LogP contribution in [-0.4, -0.2) is 34.6 Å². The van der Waals surface area contributed by atoms with E-state index in [1.165, 1.54) is 17.0 Å². The maximum atomic E-state index is 11.9. The van der Waals surface area contributed by atoms with Gasteiger partial charge in [-0.15, -0.1) is 0 Å². The standard InChI is InChI=1S/C13H20N2O4S/c1-3-19-10-4-5-13(16)15(2)11-6-8-12(9-7-11)20(14,17)18/h6-9H,3-5,10H2,1-2H3,(H2,14,17,18). The average molecular weight is 300 g/mol. The first kappa shape index (κ1) is 16.6. The summed E-state index contributed by atoms with van der Waals surface area (Å²) in [5.41, 5.74) is 0.624. The number of hydrogen-bond donors (Lipinski definition) is 1. The van der Waals surface area contributed by atoms with Gasteiger partial charge in [0.2, 0.25) is 15.9 Å². The monoisotopic (exact) mass is 300 g/mol. The summed E-state index contributed by atoms with van der Waals surface area (Å²) in [4.78, 5) is 13.4. The van der Waals surface area contributed by atoms with Crippen LogP contribution in [0.1, 0.15) is 19.8 Å². The number of carbonyl (C=O) groups excluding carboxylic acids is 1. The Balaban J connectivity index is 2.63. The molecule has 1 rings (SSSR count). The summed E-state index contributed by atoms with van der Waals surface area (Å²) in [5, 5.41) is 5.01. The number of amides is 1. The van der Waals surface area contributed by atoms with Gasteiger partial charge in [-0.1, -0.05) is 0 Å². The van der Waals surface area contributed by atoms with E-state index in [4.69, 9.17) is 9.88 Å². The SMILES string of the molecule is CCOCCCC(=O)N(C)c1ccc(S(N)(=O)=O)cc1. The highest BCUT2D eigenvalue weighted by atomic mass is 32.2. The molecule has 0 atom stereocenters. The minimum absolute atomic E-state index is 0.0263. The molecule has 0 aliphatic heterocycles. The van der Waals surface area contributed by atoms with Crippen LogP contribution in [0.3, 0.4) is 0 Å². The second kappa shape index (κ2) is 7.37. The molecule has 0 saturated heterocycles. The molecule has 1 aromatic rings. The summed E-state index contributed by atoms with van der Waals surface area (Å²) in [5.74, 6) is -0.0481. The molecule has 20 heavy (non-hydrogen) atoms. The number of sulfonamides is 1. The van der Waals surface area contributed by atoms with Crippen molar-refractivity contribution in [1.82, 2.24) is 0 Å². The van der Waals surface area contributed by atoms with Crippen molar-refractivity contribution in [2.45, 2.75) is 24.7 Å². The maximum absolute atomic E-state index is 11.9. The zero-order valence-corrected chi connectivity index (χ0v) is 12.5. The highest BCUT2D eigenvalue weighted by molar-refractivity contribution is 7.89. The van der Waals surface area contributed by atoms with Crippen molar-refractivity contribution in [2.24, 2.45) is 5.14 Å². The molecule has 0 heterocycles. The lowest BCUT2D eigenvalue weighted by Gasteiger charge is -2.17. The van der Waals surface area contributed by atoms with E-state index < -0.39 is 10.0 Å². The minimum Gasteiger partial charge on any atom is -0.382 e. The fourth-order valence-electron chi connectivity index (χ4n) is 1.64. The number of hydrogen-bond acceptors (Lipinski definition) is 4. The van der Waals surface area contributed by atoms with Gasteiger partial charge in [-0.3, -0.25) is 4.79 Å².